The highest BCUT2D eigenvalue weighted by atomic mass is 16.5. The second-order valence-electron chi connectivity index (χ2n) is 7.20. The summed E-state index contributed by atoms with van der Waals surface area (Å²) >= 11 is 0. The van der Waals surface area contributed by atoms with E-state index in [0.717, 1.165) is 81.9 Å². The topological polar surface area (TPSA) is 72.2 Å². The minimum absolute atomic E-state index is 0.463. The monoisotopic (exact) mass is 357 g/mol. The van der Waals surface area contributed by atoms with E-state index in [2.05, 4.69) is 47.6 Å². The number of morpholine rings is 1. The predicted octanol–water partition coefficient (Wildman–Crippen LogP) is 1.13. The molecule has 2 fully saturated rings. The van der Waals surface area contributed by atoms with Gasteiger partial charge in [0.1, 0.15) is 23.8 Å². The number of ether oxygens (including phenoxy) is 1. The molecule has 140 valence electrons. The summed E-state index contributed by atoms with van der Waals surface area (Å²) in [7, 11) is 2.10. The number of anilines is 1. The van der Waals surface area contributed by atoms with Crippen molar-refractivity contribution in [1.29, 1.82) is 0 Å². The van der Waals surface area contributed by atoms with Crippen molar-refractivity contribution in [1.82, 2.24) is 29.6 Å². The molecule has 0 aromatic carbocycles. The van der Waals surface area contributed by atoms with E-state index in [0.29, 0.717) is 5.92 Å². The molecule has 4 heterocycles. The molecule has 0 atom stereocenters. The highest BCUT2D eigenvalue weighted by Crippen LogP contribution is 2.29. The smallest absolute Gasteiger partial charge is 0.146 e. The number of rotatable bonds is 4. The van der Waals surface area contributed by atoms with Crippen LogP contribution in [-0.2, 0) is 18.3 Å². The first-order valence-corrected chi connectivity index (χ1v) is 9.42. The number of hydrogen-bond donors (Lipinski definition) is 0. The second-order valence-corrected chi connectivity index (χ2v) is 7.20. The largest absolute Gasteiger partial charge is 0.379 e. The van der Waals surface area contributed by atoms with Gasteiger partial charge in [0.15, 0.2) is 0 Å². The van der Waals surface area contributed by atoms with Crippen LogP contribution in [-0.4, -0.2) is 69.0 Å². The van der Waals surface area contributed by atoms with Crippen molar-refractivity contribution in [3.63, 3.8) is 0 Å². The molecule has 0 amide bonds. The highest BCUT2D eigenvalue weighted by Gasteiger charge is 2.26. The first-order chi connectivity index (χ1) is 12.7. The summed E-state index contributed by atoms with van der Waals surface area (Å²) in [5, 5.41) is 9.00. The Hall–Kier alpha value is -2.06. The first kappa shape index (κ1) is 17.4. The third-order valence-electron chi connectivity index (χ3n) is 5.44. The molecule has 26 heavy (non-hydrogen) atoms. The Kier molecular flexibility index (Phi) is 5.12. The Morgan fingerprint density at radius 3 is 2.58 bits per heavy atom. The van der Waals surface area contributed by atoms with Gasteiger partial charge in [0.05, 0.1) is 19.8 Å². The zero-order valence-corrected chi connectivity index (χ0v) is 15.6. The molecule has 4 rings (SSSR count). The van der Waals surface area contributed by atoms with Crippen LogP contribution >= 0.6 is 0 Å². The fourth-order valence-electron chi connectivity index (χ4n) is 3.81. The van der Waals surface area contributed by atoms with Crippen LogP contribution in [0.4, 0.5) is 5.82 Å². The Labute approximate surface area is 154 Å². The zero-order valence-electron chi connectivity index (χ0n) is 15.6. The van der Waals surface area contributed by atoms with Gasteiger partial charge < -0.3 is 14.2 Å². The minimum Gasteiger partial charge on any atom is -0.379 e. The first-order valence-electron chi connectivity index (χ1n) is 9.42. The van der Waals surface area contributed by atoms with Gasteiger partial charge in [-0.3, -0.25) is 4.90 Å². The van der Waals surface area contributed by atoms with Crippen LogP contribution in [0.15, 0.2) is 12.4 Å². The minimum atomic E-state index is 0.463. The molecule has 0 bridgehead atoms. The van der Waals surface area contributed by atoms with Gasteiger partial charge >= 0.3 is 0 Å². The molecular formula is C18H27N7O. The van der Waals surface area contributed by atoms with Gasteiger partial charge in [-0.25, -0.2) is 9.97 Å². The summed E-state index contributed by atoms with van der Waals surface area (Å²) in [5.41, 5.74) is 1.01. The molecular weight excluding hydrogens is 330 g/mol. The second kappa shape index (κ2) is 7.67. The van der Waals surface area contributed by atoms with E-state index in [-0.39, 0.29) is 0 Å². The van der Waals surface area contributed by atoms with Gasteiger partial charge in [0, 0.05) is 50.9 Å². The van der Waals surface area contributed by atoms with Crippen molar-refractivity contribution in [2.75, 3.05) is 44.3 Å². The molecule has 0 radical (unpaired) electrons. The van der Waals surface area contributed by atoms with Gasteiger partial charge in [-0.05, 0) is 19.8 Å². The van der Waals surface area contributed by atoms with Crippen LogP contribution in [0, 0.1) is 6.92 Å². The molecule has 0 unspecified atom stereocenters. The average Bonchev–Trinajstić information content (AvgIpc) is 3.03. The van der Waals surface area contributed by atoms with Crippen molar-refractivity contribution >= 4 is 5.82 Å². The lowest BCUT2D eigenvalue weighted by atomic mass is 9.96. The van der Waals surface area contributed by atoms with Crippen LogP contribution < -0.4 is 4.90 Å². The van der Waals surface area contributed by atoms with Crippen LogP contribution in [0.5, 0.6) is 0 Å². The Bertz CT molecular complexity index is 733. The van der Waals surface area contributed by atoms with E-state index in [4.69, 9.17) is 4.74 Å². The standard InChI is InChI=1S/C18H27N7O/c1-14-11-16(20-13-19-14)25-5-3-15(4-6-25)18-22-21-17(23(18)2)12-24-7-9-26-10-8-24/h11,13,15H,3-10,12H2,1-2H3. The molecule has 0 spiro atoms. The van der Waals surface area contributed by atoms with Crippen molar-refractivity contribution in [2.45, 2.75) is 32.2 Å². The van der Waals surface area contributed by atoms with E-state index in [1.807, 2.05) is 6.92 Å². The fraction of sp³-hybridized carbons (Fsp3) is 0.667. The van der Waals surface area contributed by atoms with Crippen LogP contribution in [0.1, 0.15) is 36.1 Å². The van der Waals surface area contributed by atoms with Gasteiger partial charge in [0.2, 0.25) is 0 Å². The van der Waals surface area contributed by atoms with E-state index in [9.17, 15) is 0 Å². The number of aryl methyl sites for hydroxylation is 1. The number of nitrogens with zero attached hydrogens (tertiary/aromatic N) is 7. The molecule has 8 nitrogen and oxygen atoms in total. The molecule has 2 aromatic heterocycles. The number of aromatic nitrogens is 5. The summed E-state index contributed by atoms with van der Waals surface area (Å²) in [5.74, 6) is 3.66. The maximum atomic E-state index is 5.42. The van der Waals surface area contributed by atoms with E-state index < -0.39 is 0 Å². The molecule has 2 aliphatic rings. The predicted molar refractivity (Wildman–Crippen MR) is 98.1 cm³/mol. The van der Waals surface area contributed by atoms with E-state index in [1.165, 1.54) is 0 Å². The van der Waals surface area contributed by atoms with Crippen LogP contribution in [0.3, 0.4) is 0 Å². The average molecular weight is 357 g/mol. The fourth-order valence-corrected chi connectivity index (χ4v) is 3.81. The Morgan fingerprint density at radius 2 is 1.85 bits per heavy atom. The summed E-state index contributed by atoms with van der Waals surface area (Å²) < 4.78 is 7.62. The lowest BCUT2D eigenvalue weighted by Crippen LogP contribution is -2.36. The molecule has 2 saturated heterocycles. The summed E-state index contributed by atoms with van der Waals surface area (Å²) in [6, 6.07) is 2.06. The maximum absolute atomic E-state index is 5.42. The lowest BCUT2D eigenvalue weighted by Gasteiger charge is -2.32. The number of piperidine rings is 1. The van der Waals surface area contributed by atoms with Crippen molar-refractivity contribution in [3.05, 3.63) is 29.7 Å². The normalized spacial score (nSPS) is 19.8. The molecule has 8 heteroatoms. The van der Waals surface area contributed by atoms with Crippen molar-refractivity contribution < 1.29 is 4.74 Å². The summed E-state index contributed by atoms with van der Waals surface area (Å²) in [6.07, 6.45) is 3.80. The molecule has 0 aliphatic carbocycles. The third kappa shape index (κ3) is 3.71. The third-order valence-corrected chi connectivity index (χ3v) is 5.44. The quantitative estimate of drug-likeness (QED) is 0.812. The van der Waals surface area contributed by atoms with Crippen LogP contribution in [0.2, 0.25) is 0 Å². The summed E-state index contributed by atoms with van der Waals surface area (Å²) in [4.78, 5) is 13.3. The van der Waals surface area contributed by atoms with Crippen molar-refractivity contribution in [3.8, 4) is 0 Å². The molecule has 0 N–H and O–H groups in total. The maximum Gasteiger partial charge on any atom is 0.146 e. The van der Waals surface area contributed by atoms with Gasteiger partial charge in [-0.15, -0.1) is 10.2 Å². The lowest BCUT2D eigenvalue weighted by molar-refractivity contribution is 0.0326. The van der Waals surface area contributed by atoms with Gasteiger partial charge in [-0.2, -0.15) is 0 Å². The zero-order chi connectivity index (χ0) is 17.9. The molecule has 2 aliphatic heterocycles. The highest BCUT2D eigenvalue weighted by molar-refractivity contribution is 5.39. The van der Waals surface area contributed by atoms with E-state index in [1.54, 1.807) is 6.33 Å². The van der Waals surface area contributed by atoms with E-state index >= 15 is 0 Å². The number of hydrogen-bond acceptors (Lipinski definition) is 7. The van der Waals surface area contributed by atoms with Crippen molar-refractivity contribution in [2.24, 2.45) is 7.05 Å². The van der Waals surface area contributed by atoms with Gasteiger partial charge in [-0.1, -0.05) is 0 Å². The van der Waals surface area contributed by atoms with Crippen LogP contribution in [0.25, 0.3) is 0 Å². The SMILES string of the molecule is Cc1cc(N2CCC(c3nnc(CN4CCOCC4)n3C)CC2)ncn1. The summed E-state index contributed by atoms with van der Waals surface area (Å²) in [6.45, 7) is 8.41. The van der Waals surface area contributed by atoms with Gasteiger partial charge in [0.25, 0.3) is 0 Å². The molecule has 2 aromatic rings. The Balaban J connectivity index is 1.38. The molecule has 0 saturated carbocycles. The Morgan fingerprint density at radius 1 is 1.08 bits per heavy atom.